The van der Waals surface area contributed by atoms with Gasteiger partial charge in [0.1, 0.15) is 5.82 Å². The number of aromatic amines is 1. The van der Waals surface area contributed by atoms with Crippen LogP contribution in [0, 0.1) is 0 Å². The van der Waals surface area contributed by atoms with E-state index >= 15 is 0 Å². The van der Waals surface area contributed by atoms with Crippen molar-refractivity contribution in [3.63, 3.8) is 0 Å². The number of carbonyl (C=O) groups is 1. The average Bonchev–Trinajstić information content (AvgIpc) is 3.10. The van der Waals surface area contributed by atoms with Crippen molar-refractivity contribution in [1.29, 1.82) is 0 Å². The molecule has 1 amide bonds. The quantitative estimate of drug-likeness (QED) is 0.362. The van der Waals surface area contributed by atoms with Crippen molar-refractivity contribution in [2.75, 3.05) is 36.5 Å². The fraction of sp³-hybridized carbons (Fsp3) is 0.250. The van der Waals surface area contributed by atoms with E-state index in [0.29, 0.717) is 24.7 Å². The van der Waals surface area contributed by atoms with Crippen molar-refractivity contribution in [3.8, 4) is 11.4 Å². The number of fused-ring (bicyclic) bond motifs is 1. The van der Waals surface area contributed by atoms with Gasteiger partial charge >= 0.3 is 0 Å². The first kappa shape index (κ1) is 16.2. The molecule has 0 aliphatic carbocycles. The molecule has 3 aromatic rings. The van der Waals surface area contributed by atoms with Crippen LogP contribution in [-0.4, -0.2) is 50.4 Å². The van der Waals surface area contributed by atoms with Crippen LogP contribution in [0.3, 0.4) is 0 Å². The molecule has 0 radical (unpaired) electrons. The average molecular weight is 450 g/mol. The van der Waals surface area contributed by atoms with Crippen LogP contribution in [0.5, 0.6) is 0 Å². The van der Waals surface area contributed by atoms with Gasteiger partial charge < -0.3 is 15.0 Å². The van der Waals surface area contributed by atoms with Crippen LogP contribution in [0.2, 0.25) is 0 Å². The van der Waals surface area contributed by atoms with E-state index in [1.165, 1.54) is 0 Å². The summed E-state index contributed by atoms with van der Waals surface area (Å²) in [4.78, 5) is 22.7. The van der Waals surface area contributed by atoms with Gasteiger partial charge in [-0.2, -0.15) is 5.10 Å². The van der Waals surface area contributed by atoms with Gasteiger partial charge in [-0.05, 0) is 24.3 Å². The minimum atomic E-state index is -0.130. The number of hydrogen-bond donors (Lipinski definition) is 2. The molecule has 1 saturated heterocycles. The molecule has 1 aromatic carbocycles. The van der Waals surface area contributed by atoms with E-state index in [1.807, 2.05) is 24.3 Å². The summed E-state index contributed by atoms with van der Waals surface area (Å²) < 4.78 is 5.30. The third-order valence-electron chi connectivity index (χ3n) is 3.99. The summed E-state index contributed by atoms with van der Waals surface area (Å²) in [6.07, 6.45) is 1.75. The fourth-order valence-corrected chi connectivity index (χ4v) is 3.09. The lowest BCUT2D eigenvalue weighted by Gasteiger charge is -2.28. The Balaban J connectivity index is 1.73. The minimum Gasteiger partial charge on any atom is -0.378 e. The van der Waals surface area contributed by atoms with Crippen molar-refractivity contribution in [2.24, 2.45) is 0 Å². The van der Waals surface area contributed by atoms with Gasteiger partial charge in [0.05, 0.1) is 24.8 Å². The van der Waals surface area contributed by atoms with E-state index < -0.39 is 0 Å². The van der Waals surface area contributed by atoms with Crippen molar-refractivity contribution >= 4 is 49.0 Å². The van der Waals surface area contributed by atoms with Gasteiger partial charge in [0.2, 0.25) is 0 Å². The van der Waals surface area contributed by atoms with E-state index in [2.05, 4.69) is 25.4 Å². The zero-order chi connectivity index (χ0) is 17.2. The predicted molar refractivity (Wildman–Crippen MR) is 103 cm³/mol. The molecule has 2 N–H and O–H groups in total. The van der Waals surface area contributed by atoms with Gasteiger partial charge in [0.25, 0.3) is 3.91 Å². The summed E-state index contributed by atoms with van der Waals surface area (Å²) in [5.74, 6) is 1.48. The highest BCUT2D eigenvalue weighted by Crippen LogP contribution is 2.27. The highest BCUT2D eigenvalue weighted by molar-refractivity contribution is 14.1. The third kappa shape index (κ3) is 3.42. The molecule has 2 aromatic heterocycles. The molecule has 0 unspecified atom stereocenters. The van der Waals surface area contributed by atoms with Gasteiger partial charge in [-0.1, -0.05) is 0 Å². The molecule has 25 heavy (non-hydrogen) atoms. The van der Waals surface area contributed by atoms with Gasteiger partial charge in [-0.3, -0.25) is 9.89 Å². The van der Waals surface area contributed by atoms with Crippen LogP contribution in [0.1, 0.15) is 0 Å². The molecule has 0 saturated carbocycles. The number of amides is 1. The van der Waals surface area contributed by atoms with Crippen LogP contribution >= 0.6 is 22.6 Å². The maximum atomic E-state index is 11.1. The molecule has 0 spiro atoms. The molecule has 128 valence electrons. The van der Waals surface area contributed by atoms with Crippen molar-refractivity contribution in [3.05, 3.63) is 30.5 Å². The van der Waals surface area contributed by atoms with E-state index in [4.69, 9.17) is 9.72 Å². The summed E-state index contributed by atoms with van der Waals surface area (Å²) in [7, 11) is 0. The third-order valence-corrected chi connectivity index (χ3v) is 4.26. The second-order valence-electron chi connectivity index (χ2n) is 5.58. The standard InChI is InChI=1S/C16H15IN6O2/c17-16(24)19-11-3-1-10(2-4-11)13-20-14-12(9-18-22-14)15(21-13)23-5-7-25-8-6-23/h1-4,9H,5-8H2,(H,19,24)(H,18,20,21,22). The molecule has 1 fully saturated rings. The summed E-state index contributed by atoms with van der Waals surface area (Å²) in [5.41, 5.74) is 2.31. The lowest BCUT2D eigenvalue weighted by molar-refractivity contribution is 0.122. The van der Waals surface area contributed by atoms with E-state index in [1.54, 1.807) is 28.8 Å². The number of ether oxygens (including phenoxy) is 1. The summed E-state index contributed by atoms with van der Waals surface area (Å²) in [6, 6.07) is 7.45. The zero-order valence-electron chi connectivity index (χ0n) is 13.2. The van der Waals surface area contributed by atoms with Crippen LogP contribution in [0.15, 0.2) is 30.5 Å². The Morgan fingerprint density at radius 3 is 2.68 bits per heavy atom. The number of carbonyl (C=O) groups excluding carboxylic acids is 1. The summed E-state index contributed by atoms with van der Waals surface area (Å²) in [6.45, 7) is 2.95. The van der Waals surface area contributed by atoms with Crippen LogP contribution < -0.4 is 10.2 Å². The van der Waals surface area contributed by atoms with Crippen molar-refractivity contribution < 1.29 is 9.53 Å². The number of nitrogens with zero attached hydrogens (tertiary/aromatic N) is 4. The Labute approximate surface area is 157 Å². The summed E-state index contributed by atoms with van der Waals surface area (Å²) >= 11 is 1.70. The van der Waals surface area contributed by atoms with E-state index in [0.717, 1.165) is 35.5 Å². The number of hydrogen-bond acceptors (Lipinski definition) is 6. The molecule has 1 aliphatic heterocycles. The number of halogens is 1. The Kier molecular flexibility index (Phi) is 4.49. The molecule has 3 heterocycles. The molecule has 9 heteroatoms. The number of aromatic nitrogens is 4. The lowest BCUT2D eigenvalue weighted by Crippen LogP contribution is -2.37. The van der Waals surface area contributed by atoms with Crippen LogP contribution in [0.4, 0.5) is 16.3 Å². The van der Waals surface area contributed by atoms with Crippen molar-refractivity contribution in [2.45, 2.75) is 0 Å². The number of benzene rings is 1. The number of anilines is 2. The number of rotatable bonds is 3. The first-order chi connectivity index (χ1) is 12.2. The molecule has 8 nitrogen and oxygen atoms in total. The normalized spacial score (nSPS) is 14.7. The Morgan fingerprint density at radius 2 is 1.96 bits per heavy atom. The molecular formula is C16H15IN6O2. The minimum absolute atomic E-state index is 0.130. The van der Waals surface area contributed by atoms with E-state index in [9.17, 15) is 4.79 Å². The van der Waals surface area contributed by atoms with Crippen molar-refractivity contribution in [1.82, 2.24) is 20.2 Å². The maximum Gasteiger partial charge on any atom is 0.284 e. The molecule has 4 rings (SSSR count). The van der Waals surface area contributed by atoms with Crippen LogP contribution in [-0.2, 0) is 4.74 Å². The molecule has 0 atom stereocenters. The number of H-pyrrole nitrogens is 1. The Bertz CT molecular complexity index is 905. The van der Waals surface area contributed by atoms with Crippen LogP contribution in [0.25, 0.3) is 22.4 Å². The topological polar surface area (TPSA) is 96.0 Å². The molecule has 0 bridgehead atoms. The lowest BCUT2D eigenvalue weighted by atomic mass is 10.2. The highest BCUT2D eigenvalue weighted by Gasteiger charge is 2.19. The molecule has 1 aliphatic rings. The second-order valence-corrected chi connectivity index (χ2v) is 6.56. The smallest absolute Gasteiger partial charge is 0.284 e. The first-order valence-corrected chi connectivity index (χ1v) is 8.89. The summed E-state index contributed by atoms with van der Waals surface area (Å²) in [5, 5.41) is 10.7. The largest absolute Gasteiger partial charge is 0.378 e. The zero-order valence-corrected chi connectivity index (χ0v) is 15.4. The number of nitrogens with one attached hydrogen (secondary N) is 2. The van der Waals surface area contributed by atoms with Gasteiger partial charge in [-0.15, -0.1) is 0 Å². The second kappa shape index (κ2) is 6.92. The van der Waals surface area contributed by atoms with Gasteiger partial charge in [-0.25, -0.2) is 9.97 Å². The molecular weight excluding hydrogens is 435 g/mol. The first-order valence-electron chi connectivity index (χ1n) is 7.81. The highest BCUT2D eigenvalue weighted by atomic mass is 127. The van der Waals surface area contributed by atoms with Gasteiger partial charge in [0, 0.05) is 46.9 Å². The predicted octanol–water partition coefficient (Wildman–Crippen LogP) is 2.82. The Hall–Kier alpha value is -2.27. The van der Waals surface area contributed by atoms with Gasteiger partial charge in [0.15, 0.2) is 11.5 Å². The SMILES string of the molecule is O=C(I)Nc1ccc(-c2nc(N3CCOCC3)c3cn[nH]c3n2)cc1. The van der Waals surface area contributed by atoms with E-state index in [-0.39, 0.29) is 3.91 Å². The Morgan fingerprint density at radius 1 is 1.20 bits per heavy atom. The monoisotopic (exact) mass is 450 g/mol. The number of morpholine rings is 1. The maximum absolute atomic E-state index is 11.1. The fourth-order valence-electron chi connectivity index (χ4n) is 2.78.